The topological polar surface area (TPSA) is 199 Å². The summed E-state index contributed by atoms with van der Waals surface area (Å²) in [5.41, 5.74) is 0.728. The van der Waals surface area contributed by atoms with Crippen LogP contribution in [-0.4, -0.2) is 122 Å². The van der Waals surface area contributed by atoms with E-state index in [1.54, 1.807) is 10.0 Å². The third-order valence-corrected chi connectivity index (χ3v) is 16.8. The fourth-order valence-corrected chi connectivity index (χ4v) is 13.2. The largest absolute Gasteiger partial charge is 0.511 e. The highest BCUT2D eigenvalue weighted by Crippen LogP contribution is 2.47. The van der Waals surface area contributed by atoms with Crippen LogP contribution in [0.2, 0.25) is 0 Å². The Hall–Kier alpha value is -8.20. The van der Waals surface area contributed by atoms with E-state index in [0.717, 1.165) is 45.2 Å². The molecule has 2 fully saturated rings. The Labute approximate surface area is 465 Å². The van der Waals surface area contributed by atoms with E-state index in [1.807, 2.05) is 48.5 Å². The summed E-state index contributed by atoms with van der Waals surface area (Å²) < 4.78 is 107. The van der Waals surface area contributed by atoms with Gasteiger partial charge in [-0.1, -0.05) is 48.5 Å². The highest BCUT2D eigenvalue weighted by Gasteiger charge is 2.49. The molecule has 2 aromatic heterocycles. The van der Waals surface area contributed by atoms with Crippen molar-refractivity contribution < 1.29 is 74.6 Å². The molecule has 0 spiro atoms. The monoisotopic (exact) mass is 1150 g/mol. The molecule has 2 amide bonds. The van der Waals surface area contributed by atoms with E-state index in [4.69, 9.17) is 37.9 Å². The predicted octanol–water partition coefficient (Wildman–Crippen LogP) is 6.93. The summed E-state index contributed by atoms with van der Waals surface area (Å²) >= 11 is 2.67. The molecule has 0 bridgehead atoms. The highest BCUT2D eigenvalue weighted by atomic mass is 32.2. The lowest BCUT2D eigenvalue weighted by Crippen LogP contribution is -2.66. The van der Waals surface area contributed by atoms with Gasteiger partial charge >= 0.3 is 12.3 Å². The van der Waals surface area contributed by atoms with Gasteiger partial charge in [0.25, 0.3) is 11.8 Å². The Morgan fingerprint density at radius 3 is 1.42 bits per heavy atom. The number of ether oxygens (including phenoxy) is 8. The van der Waals surface area contributed by atoms with Crippen molar-refractivity contribution in [3.05, 3.63) is 186 Å². The van der Waals surface area contributed by atoms with Gasteiger partial charge in [-0.05, 0) is 46.5 Å². The molecule has 81 heavy (non-hydrogen) atoms. The van der Waals surface area contributed by atoms with Gasteiger partial charge in [0.15, 0.2) is 34.7 Å². The minimum atomic E-state index is -1.24. The molecule has 0 radical (unpaired) electrons. The molecular weight excluding hydrogens is 1110 g/mol. The molecule has 0 saturated carbocycles. The fraction of sp³-hybridized carbons (Fsp3) is 0.309. The van der Waals surface area contributed by atoms with Gasteiger partial charge in [-0.25, -0.2) is 27.2 Å². The SMILES string of the molecule is O=C(OCCCOC(=O)OCOc1c2n(ccc1=O)N([C@@H]1c3ccccc3SCc3c1ccc(F)c3F)[C@@H]1COCCN1C2=O)OCOc1c2n(ccc1=O)N([C@@H]1c3ccccc3SCc3c1ccc(F)c3F)[C@@H]1COCCN1C2=O. The number of carbonyl (C=O) groups excluding carboxylic acids is 4. The van der Waals surface area contributed by atoms with Gasteiger partial charge in [-0.15, -0.1) is 23.5 Å². The molecular formula is C55H46F4N6O14S2. The van der Waals surface area contributed by atoms with E-state index < -0.39 is 108 Å². The molecule has 6 aliphatic rings. The molecule has 8 heterocycles. The highest BCUT2D eigenvalue weighted by molar-refractivity contribution is 7.98. The predicted molar refractivity (Wildman–Crippen MR) is 278 cm³/mol. The number of hydrogen-bond acceptors (Lipinski definition) is 18. The number of carbonyl (C=O) groups is 4. The van der Waals surface area contributed by atoms with E-state index in [-0.39, 0.29) is 93.2 Å². The van der Waals surface area contributed by atoms with Crippen molar-refractivity contribution in [1.82, 2.24) is 19.2 Å². The van der Waals surface area contributed by atoms with Gasteiger partial charge in [0, 0.05) is 76.5 Å². The molecule has 26 heteroatoms. The standard InChI is InChI=1S/C55H46F4N6O14S2/c56-36-12-10-30-34(44(36)58)26-80-40-8-3-1-6-32(40)46(30)64-42-24-72-22-18-60(42)52(68)48-50(38(66)14-16-62(48)64)76-28-78-54(70)74-20-5-21-75-55(71)79-29-77-51-39(67)15-17-63-49(51)53(69)61-19-23-73-25-43(61)65(63)47-31-11-13-37(57)45(59)35(31)27-81-41-9-4-2-7-33(41)47/h1-4,6-17,42-43,46-47H,5,18-29H2/t42-,43-,46+,47+/m1/s1. The maximum absolute atomic E-state index is 15.6. The third kappa shape index (κ3) is 9.71. The lowest BCUT2D eigenvalue weighted by Gasteiger charge is -2.51. The summed E-state index contributed by atoms with van der Waals surface area (Å²) in [6.45, 7) is -1.77. The number of amides is 2. The van der Waals surface area contributed by atoms with Crippen LogP contribution in [0.15, 0.2) is 117 Å². The lowest BCUT2D eigenvalue weighted by molar-refractivity contribution is -0.0217. The number of hydrogen-bond donors (Lipinski definition) is 0. The maximum Gasteiger partial charge on any atom is 0.511 e. The summed E-state index contributed by atoms with van der Waals surface area (Å²) in [4.78, 5) is 85.6. The molecule has 0 aliphatic carbocycles. The maximum atomic E-state index is 15.6. The summed E-state index contributed by atoms with van der Waals surface area (Å²) in [6, 6.07) is 20.5. The number of halogens is 4. The van der Waals surface area contributed by atoms with Gasteiger partial charge in [-0.3, -0.25) is 38.5 Å². The van der Waals surface area contributed by atoms with Crippen LogP contribution in [0.3, 0.4) is 0 Å². The first-order valence-corrected chi connectivity index (χ1v) is 27.4. The van der Waals surface area contributed by atoms with Crippen LogP contribution in [0, 0.1) is 23.3 Å². The summed E-state index contributed by atoms with van der Waals surface area (Å²) in [6.07, 6.45) is -1.31. The number of pyridine rings is 2. The molecule has 2 saturated heterocycles. The van der Waals surface area contributed by atoms with Crippen LogP contribution in [-0.2, 0) is 39.9 Å². The van der Waals surface area contributed by atoms with Crippen LogP contribution >= 0.6 is 23.5 Å². The number of fused-ring (bicyclic) bond motifs is 8. The van der Waals surface area contributed by atoms with E-state index in [2.05, 4.69) is 0 Å². The fourth-order valence-electron chi connectivity index (χ4n) is 10.9. The van der Waals surface area contributed by atoms with Crippen LogP contribution < -0.4 is 30.3 Å². The van der Waals surface area contributed by atoms with Crippen LogP contribution in [0.4, 0.5) is 27.2 Å². The van der Waals surface area contributed by atoms with Crippen molar-refractivity contribution in [3.8, 4) is 11.5 Å². The lowest BCUT2D eigenvalue weighted by atomic mass is 9.93. The van der Waals surface area contributed by atoms with E-state index in [9.17, 15) is 37.5 Å². The number of aromatic nitrogens is 2. The first-order valence-electron chi connectivity index (χ1n) is 25.5. The normalized spacial score (nSPS) is 19.7. The zero-order chi connectivity index (χ0) is 56.1. The van der Waals surface area contributed by atoms with Crippen molar-refractivity contribution in [2.45, 2.75) is 52.1 Å². The average molecular weight is 1160 g/mol. The van der Waals surface area contributed by atoms with Crippen molar-refractivity contribution in [3.63, 3.8) is 0 Å². The van der Waals surface area contributed by atoms with Crippen molar-refractivity contribution in [2.24, 2.45) is 0 Å². The Bertz CT molecular complexity index is 3420. The second-order valence-electron chi connectivity index (χ2n) is 19.0. The molecule has 6 aliphatic heterocycles. The van der Waals surface area contributed by atoms with E-state index in [1.165, 1.54) is 67.2 Å². The Kier molecular flexibility index (Phi) is 14.8. The van der Waals surface area contributed by atoms with Gasteiger partial charge in [0.1, 0.15) is 12.3 Å². The molecule has 20 nitrogen and oxygen atoms in total. The number of rotatable bonds is 12. The quantitative estimate of drug-likeness (QED) is 0.0529. The average Bonchev–Trinajstić information content (AvgIpc) is 3.97. The molecule has 420 valence electrons. The first-order chi connectivity index (χ1) is 39.4. The van der Waals surface area contributed by atoms with Crippen LogP contribution in [0.1, 0.15) is 72.9 Å². The molecule has 4 aromatic carbocycles. The third-order valence-electron chi connectivity index (χ3n) is 14.6. The second kappa shape index (κ2) is 22.4. The summed E-state index contributed by atoms with van der Waals surface area (Å²) in [5.74, 6) is -5.87. The smallest absolute Gasteiger partial charge is 0.451 e. The number of nitrogens with zero attached hydrogens (tertiary/aromatic N) is 6. The molecule has 6 aromatic rings. The summed E-state index contributed by atoms with van der Waals surface area (Å²) in [5, 5.41) is 3.53. The zero-order valence-corrected chi connectivity index (χ0v) is 44.1. The zero-order valence-electron chi connectivity index (χ0n) is 42.5. The number of thioether (sulfide) groups is 2. The molecule has 0 unspecified atom stereocenters. The van der Waals surface area contributed by atoms with Crippen LogP contribution in [0.5, 0.6) is 11.5 Å². The second-order valence-corrected chi connectivity index (χ2v) is 21.0. The minimum Gasteiger partial charge on any atom is -0.451 e. The number of morpholine rings is 2. The molecule has 0 N–H and O–H groups in total. The molecule has 4 atom stereocenters. The van der Waals surface area contributed by atoms with Gasteiger partial charge in [0.05, 0.1) is 51.7 Å². The minimum absolute atomic E-state index is 0.0385. The Morgan fingerprint density at radius 2 is 0.975 bits per heavy atom. The Balaban J connectivity index is 0.681. The Morgan fingerprint density at radius 1 is 0.543 bits per heavy atom. The first kappa shape index (κ1) is 53.4. The van der Waals surface area contributed by atoms with E-state index >= 15 is 8.78 Å². The van der Waals surface area contributed by atoms with Gasteiger partial charge in [-0.2, -0.15) is 0 Å². The van der Waals surface area contributed by atoms with Crippen LogP contribution in [0.25, 0.3) is 0 Å². The number of benzene rings is 4. The van der Waals surface area contributed by atoms with Gasteiger partial charge in [0.2, 0.25) is 35.9 Å². The summed E-state index contributed by atoms with van der Waals surface area (Å²) in [7, 11) is 0. The van der Waals surface area contributed by atoms with Crippen molar-refractivity contribution in [1.29, 1.82) is 0 Å². The van der Waals surface area contributed by atoms with E-state index in [0.29, 0.717) is 11.1 Å². The molecule has 12 rings (SSSR count). The van der Waals surface area contributed by atoms with Gasteiger partial charge < -0.3 is 47.7 Å². The van der Waals surface area contributed by atoms with Crippen molar-refractivity contribution in [2.75, 3.05) is 76.3 Å². The van der Waals surface area contributed by atoms with Crippen molar-refractivity contribution >= 4 is 47.6 Å².